The summed E-state index contributed by atoms with van der Waals surface area (Å²) in [6, 6.07) is 7.86. The molecule has 0 radical (unpaired) electrons. The van der Waals surface area contributed by atoms with E-state index in [1.807, 2.05) is 30.5 Å². The van der Waals surface area contributed by atoms with Gasteiger partial charge in [0.05, 0.1) is 32.3 Å². The number of nitrogen functional groups attached to an aromatic ring is 1. The molecule has 0 spiro atoms. The van der Waals surface area contributed by atoms with E-state index in [0.29, 0.717) is 13.2 Å². The summed E-state index contributed by atoms with van der Waals surface area (Å²) in [7, 11) is 1.64. The molecule has 33 heavy (non-hydrogen) atoms. The van der Waals surface area contributed by atoms with Gasteiger partial charge in [0, 0.05) is 18.3 Å². The summed E-state index contributed by atoms with van der Waals surface area (Å²) in [5.41, 5.74) is 14.8. The predicted octanol–water partition coefficient (Wildman–Crippen LogP) is 2.22. The highest BCUT2D eigenvalue weighted by atomic mass is 16.5. The molecule has 0 fully saturated rings. The molecule has 2 heterocycles. The molecule has 3 aromatic rings. The number of unbranched alkanes of at least 4 members (excludes halogenated alkanes) is 2. The highest BCUT2D eigenvalue weighted by molar-refractivity contribution is 5.87. The minimum absolute atomic E-state index is 0.0619. The number of rotatable bonds is 13. The Bertz CT molecular complexity index is 1070. The first-order valence-electron chi connectivity index (χ1n) is 11.1. The van der Waals surface area contributed by atoms with E-state index >= 15 is 0 Å². The van der Waals surface area contributed by atoms with Crippen LogP contribution in [0, 0.1) is 0 Å². The lowest BCUT2D eigenvalue weighted by Crippen LogP contribution is -2.31. The largest absolute Gasteiger partial charge is 0.496 e. The molecular weight excluding hydrogens is 422 g/mol. The minimum atomic E-state index is -0.258. The molecule has 0 saturated heterocycles. The zero-order valence-electron chi connectivity index (χ0n) is 19.3. The van der Waals surface area contributed by atoms with Crippen LogP contribution in [0.3, 0.4) is 0 Å². The van der Waals surface area contributed by atoms with Gasteiger partial charge in [0.2, 0.25) is 11.9 Å². The van der Waals surface area contributed by atoms with Gasteiger partial charge in [0.25, 0.3) is 0 Å². The summed E-state index contributed by atoms with van der Waals surface area (Å²) in [4.78, 5) is 20.0. The molecule has 3 rings (SSSR count). The predicted molar refractivity (Wildman–Crippen MR) is 129 cm³/mol. The van der Waals surface area contributed by atoms with Gasteiger partial charge in [-0.25, -0.2) is 4.98 Å². The molecule has 178 valence electrons. The van der Waals surface area contributed by atoms with Crippen molar-refractivity contribution in [3.63, 3.8) is 0 Å². The zero-order chi connectivity index (χ0) is 23.6. The lowest BCUT2D eigenvalue weighted by molar-refractivity contribution is -0.121. The Morgan fingerprint density at radius 1 is 1.21 bits per heavy atom. The van der Waals surface area contributed by atoms with Gasteiger partial charge in [-0.3, -0.25) is 4.79 Å². The Labute approximate surface area is 193 Å². The number of aromatic nitrogens is 3. The van der Waals surface area contributed by atoms with Crippen LogP contribution in [0.15, 0.2) is 30.5 Å². The molecular formula is C23H33N7O3. The average molecular weight is 456 g/mol. The average Bonchev–Trinajstić information content (AvgIpc) is 3.22. The Balaban J connectivity index is 1.75. The molecule has 6 N–H and O–H groups in total. The molecule has 10 nitrogen and oxygen atoms in total. The molecule has 0 bridgehead atoms. The number of nitrogens with two attached hydrogens (primary N) is 2. The van der Waals surface area contributed by atoms with Gasteiger partial charge in [-0.05, 0) is 24.1 Å². The minimum Gasteiger partial charge on any atom is -0.496 e. The third kappa shape index (κ3) is 6.56. The van der Waals surface area contributed by atoms with E-state index in [4.69, 9.17) is 20.9 Å². The van der Waals surface area contributed by atoms with Crippen LogP contribution in [0.25, 0.3) is 11.0 Å². The van der Waals surface area contributed by atoms with E-state index in [0.717, 1.165) is 59.5 Å². The number of ether oxygens (including phenoxy) is 2. The van der Waals surface area contributed by atoms with E-state index in [2.05, 4.69) is 32.1 Å². The number of benzene rings is 1. The van der Waals surface area contributed by atoms with Crippen molar-refractivity contribution in [2.45, 2.75) is 39.3 Å². The van der Waals surface area contributed by atoms with E-state index in [1.54, 1.807) is 7.11 Å². The summed E-state index contributed by atoms with van der Waals surface area (Å²) < 4.78 is 13.2. The number of carbonyl (C=O) groups is 1. The number of carbonyl (C=O) groups excluding carboxylic acids is 1. The molecule has 0 aliphatic heterocycles. The normalized spacial score (nSPS) is 11.0. The summed E-state index contributed by atoms with van der Waals surface area (Å²) in [5.74, 6) is 1.48. The van der Waals surface area contributed by atoms with Crippen LogP contribution in [-0.4, -0.2) is 47.4 Å². The van der Waals surface area contributed by atoms with E-state index in [-0.39, 0.29) is 25.1 Å². The first-order valence-corrected chi connectivity index (χ1v) is 11.1. The van der Waals surface area contributed by atoms with Crippen molar-refractivity contribution < 1.29 is 14.3 Å². The van der Waals surface area contributed by atoms with E-state index in [9.17, 15) is 4.79 Å². The van der Waals surface area contributed by atoms with Crippen molar-refractivity contribution in [3.05, 3.63) is 41.6 Å². The van der Waals surface area contributed by atoms with Crippen LogP contribution in [0.4, 0.5) is 11.8 Å². The number of hydrogen-bond donors (Lipinski definition) is 4. The third-order valence-corrected chi connectivity index (χ3v) is 5.22. The van der Waals surface area contributed by atoms with Crippen LogP contribution >= 0.6 is 0 Å². The van der Waals surface area contributed by atoms with Gasteiger partial charge in [0.1, 0.15) is 18.0 Å². The molecule has 1 amide bonds. The Kier molecular flexibility index (Phi) is 8.85. The maximum absolute atomic E-state index is 11.2. The number of amides is 1. The second-order valence-electron chi connectivity index (χ2n) is 7.68. The molecule has 10 heteroatoms. The van der Waals surface area contributed by atoms with E-state index in [1.165, 1.54) is 0 Å². The fraction of sp³-hybridized carbons (Fsp3) is 0.435. The number of methoxy groups -OCH3 is 1. The Morgan fingerprint density at radius 2 is 2.06 bits per heavy atom. The van der Waals surface area contributed by atoms with Gasteiger partial charge < -0.3 is 36.1 Å². The smallest absolute Gasteiger partial charge is 0.235 e. The van der Waals surface area contributed by atoms with Crippen LogP contribution in [0.1, 0.15) is 37.3 Å². The highest BCUT2D eigenvalue weighted by Crippen LogP contribution is 2.27. The van der Waals surface area contributed by atoms with Crippen molar-refractivity contribution in [2.75, 3.05) is 38.0 Å². The van der Waals surface area contributed by atoms with Crippen LogP contribution < -0.4 is 26.8 Å². The maximum Gasteiger partial charge on any atom is 0.235 e. The molecule has 0 aliphatic carbocycles. The lowest BCUT2D eigenvalue weighted by atomic mass is 10.1. The Hall–Kier alpha value is -3.37. The second-order valence-corrected chi connectivity index (χ2v) is 7.68. The summed E-state index contributed by atoms with van der Waals surface area (Å²) in [5, 5.41) is 5.99. The number of hydrogen-bond acceptors (Lipinski definition) is 8. The number of nitrogens with zero attached hydrogens (tertiary/aromatic N) is 3. The molecule has 0 atom stereocenters. The quantitative estimate of drug-likeness (QED) is 0.227. The Morgan fingerprint density at radius 3 is 2.82 bits per heavy atom. The monoisotopic (exact) mass is 455 g/mol. The van der Waals surface area contributed by atoms with Gasteiger partial charge in [-0.1, -0.05) is 31.9 Å². The number of anilines is 2. The molecule has 0 unspecified atom stereocenters. The fourth-order valence-electron chi connectivity index (χ4n) is 3.53. The molecule has 0 saturated carbocycles. The van der Waals surface area contributed by atoms with Gasteiger partial charge >= 0.3 is 0 Å². The SMILES string of the molecule is CCCCCNc1nc(N)nc2ccn(Cc3ccc(COCNC(=O)CN)cc3OC)c12. The van der Waals surface area contributed by atoms with Crippen molar-refractivity contribution >= 4 is 28.7 Å². The highest BCUT2D eigenvalue weighted by Gasteiger charge is 2.13. The lowest BCUT2D eigenvalue weighted by Gasteiger charge is -2.14. The first kappa shape index (κ1) is 24.3. The summed E-state index contributed by atoms with van der Waals surface area (Å²) in [6.07, 6.45) is 5.36. The second kappa shape index (κ2) is 12.0. The van der Waals surface area contributed by atoms with Gasteiger partial charge in [0.15, 0.2) is 5.82 Å². The van der Waals surface area contributed by atoms with Crippen LogP contribution in [0.5, 0.6) is 5.75 Å². The van der Waals surface area contributed by atoms with Crippen molar-refractivity contribution in [1.82, 2.24) is 19.9 Å². The van der Waals surface area contributed by atoms with Gasteiger partial charge in [-0.15, -0.1) is 0 Å². The first-order chi connectivity index (χ1) is 16.0. The van der Waals surface area contributed by atoms with Crippen molar-refractivity contribution in [1.29, 1.82) is 0 Å². The van der Waals surface area contributed by atoms with Crippen molar-refractivity contribution in [2.24, 2.45) is 5.73 Å². The van der Waals surface area contributed by atoms with Crippen molar-refractivity contribution in [3.8, 4) is 5.75 Å². The fourth-order valence-corrected chi connectivity index (χ4v) is 3.53. The summed E-state index contributed by atoms with van der Waals surface area (Å²) in [6.45, 7) is 3.97. The third-order valence-electron chi connectivity index (χ3n) is 5.22. The zero-order valence-corrected chi connectivity index (χ0v) is 19.3. The maximum atomic E-state index is 11.2. The molecule has 0 aliphatic rings. The number of nitrogens with one attached hydrogen (secondary N) is 2. The topological polar surface area (TPSA) is 142 Å². The molecule has 1 aromatic carbocycles. The van der Waals surface area contributed by atoms with Crippen LogP contribution in [-0.2, 0) is 22.7 Å². The van der Waals surface area contributed by atoms with E-state index < -0.39 is 0 Å². The standard InChI is InChI=1S/C23H33N7O3/c1-3-4-5-9-26-22-21-18(28-23(25)29-22)8-10-30(21)13-17-7-6-16(11-19(17)32-2)14-33-15-27-20(31)12-24/h6-8,10-11H,3-5,9,12-15,24H2,1-2H3,(H,27,31)(H3,25,26,28,29). The summed E-state index contributed by atoms with van der Waals surface area (Å²) >= 11 is 0. The van der Waals surface area contributed by atoms with Gasteiger partial charge in [-0.2, -0.15) is 4.98 Å². The molecule has 2 aromatic heterocycles. The van der Waals surface area contributed by atoms with Crippen LogP contribution in [0.2, 0.25) is 0 Å². The number of fused-ring (bicyclic) bond motifs is 1.